The lowest BCUT2D eigenvalue weighted by Gasteiger charge is -2.07. The first kappa shape index (κ1) is 11.8. The molecule has 96 valence electrons. The number of hydrogen-bond acceptors (Lipinski definition) is 2. The maximum atomic E-state index is 5.80. The van der Waals surface area contributed by atoms with Crippen LogP contribution in [0.2, 0.25) is 0 Å². The second-order valence-electron chi connectivity index (χ2n) is 4.76. The molecular formula is C16H16N2O. The van der Waals surface area contributed by atoms with Crippen molar-refractivity contribution in [3.8, 4) is 5.75 Å². The fraction of sp³-hybridized carbons (Fsp3) is 0.188. The van der Waals surface area contributed by atoms with Crippen molar-refractivity contribution in [3.63, 3.8) is 0 Å². The van der Waals surface area contributed by atoms with E-state index in [-0.39, 0.29) is 0 Å². The van der Waals surface area contributed by atoms with Gasteiger partial charge in [-0.2, -0.15) is 0 Å². The van der Waals surface area contributed by atoms with E-state index >= 15 is 0 Å². The molecule has 0 aliphatic rings. The highest BCUT2D eigenvalue weighted by molar-refractivity contribution is 5.84. The molecule has 0 atom stereocenters. The first-order valence-electron chi connectivity index (χ1n) is 6.32. The predicted octanol–water partition coefficient (Wildman–Crippen LogP) is 3.46. The molecule has 0 N–H and O–H groups in total. The van der Waals surface area contributed by atoms with Crippen LogP contribution in [0.1, 0.15) is 11.4 Å². The smallest absolute Gasteiger partial charge is 0.146 e. The van der Waals surface area contributed by atoms with Crippen LogP contribution in [0.3, 0.4) is 0 Å². The summed E-state index contributed by atoms with van der Waals surface area (Å²) in [5.74, 6) is 1.80. The Morgan fingerprint density at radius 2 is 1.95 bits per heavy atom. The van der Waals surface area contributed by atoms with Gasteiger partial charge in [-0.05, 0) is 29.8 Å². The van der Waals surface area contributed by atoms with Crippen LogP contribution in [0.15, 0.2) is 48.8 Å². The normalized spacial score (nSPS) is 10.8. The monoisotopic (exact) mass is 252 g/mol. The SMILES string of the molecule is Cc1ccc2ccc(OCc3nccn3C)cc2c1. The van der Waals surface area contributed by atoms with E-state index in [1.54, 1.807) is 6.20 Å². The van der Waals surface area contributed by atoms with E-state index in [1.165, 1.54) is 16.3 Å². The number of hydrogen-bond donors (Lipinski definition) is 0. The Morgan fingerprint density at radius 3 is 2.74 bits per heavy atom. The summed E-state index contributed by atoms with van der Waals surface area (Å²) in [4.78, 5) is 4.25. The third-order valence-corrected chi connectivity index (χ3v) is 3.26. The Kier molecular flexibility index (Phi) is 2.95. The van der Waals surface area contributed by atoms with Gasteiger partial charge in [-0.15, -0.1) is 0 Å². The Bertz CT molecular complexity index is 716. The maximum absolute atomic E-state index is 5.80. The van der Waals surface area contributed by atoms with Gasteiger partial charge >= 0.3 is 0 Å². The van der Waals surface area contributed by atoms with Gasteiger partial charge in [0.1, 0.15) is 18.2 Å². The number of fused-ring (bicyclic) bond motifs is 1. The van der Waals surface area contributed by atoms with Crippen LogP contribution in [0, 0.1) is 6.92 Å². The van der Waals surface area contributed by atoms with E-state index in [4.69, 9.17) is 4.74 Å². The highest BCUT2D eigenvalue weighted by Crippen LogP contribution is 2.22. The van der Waals surface area contributed by atoms with Gasteiger partial charge in [-0.3, -0.25) is 0 Å². The van der Waals surface area contributed by atoms with Gasteiger partial charge < -0.3 is 9.30 Å². The molecule has 19 heavy (non-hydrogen) atoms. The van der Waals surface area contributed by atoms with Gasteiger partial charge in [0.25, 0.3) is 0 Å². The second kappa shape index (κ2) is 4.76. The van der Waals surface area contributed by atoms with E-state index in [0.717, 1.165) is 11.6 Å². The van der Waals surface area contributed by atoms with Crippen LogP contribution in [0.25, 0.3) is 10.8 Å². The number of rotatable bonds is 3. The van der Waals surface area contributed by atoms with Crippen LogP contribution in [0.4, 0.5) is 0 Å². The summed E-state index contributed by atoms with van der Waals surface area (Å²) in [6.07, 6.45) is 3.70. The van der Waals surface area contributed by atoms with Gasteiger partial charge in [0, 0.05) is 19.4 Å². The number of imidazole rings is 1. The zero-order valence-electron chi connectivity index (χ0n) is 11.1. The molecule has 0 aliphatic heterocycles. The molecule has 0 saturated carbocycles. The predicted molar refractivity (Wildman–Crippen MR) is 76.2 cm³/mol. The first-order valence-corrected chi connectivity index (χ1v) is 6.32. The third-order valence-electron chi connectivity index (χ3n) is 3.26. The minimum Gasteiger partial charge on any atom is -0.486 e. The number of aromatic nitrogens is 2. The molecule has 1 heterocycles. The molecule has 3 aromatic rings. The summed E-state index contributed by atoms with van der Waals surface area (Å²) in [6, 6.07) is 12.6. The lowest BCUT2D eigenvalue weighted by Crippen LogP contribution is -2.02. The molecular weight excluding hydrogens is 236 g/mol. The molecule has 0 fully saturated rings. The maximum Gasteiger partial charge on any atom is 0.146 e. The number of ether oxygens (including phenoxy) is 1. The lowest BCUT2D eigenvalue weighted by molar-refractivity contribution is 0.292. The molecule has 3 nitrogen and oxygen atoms in total. The Balaban J connectivity index is 1.83. The molecule has 0 radical (unpaired) electrons. The van der Waals surface area contributed by atoms with E-state index in [0.29, 0.717) is 6.61 Å². The van der Waals surface area contributed by atoms with Crippen LogP contribution in [-0.2, 0) is 13.7 Å². The van der Waals surface area contributed by atoms with Gasteiger partial charge in [0.05, 0.1) is 0 Å². The van der Waals surface area contributed by atoms with Crippen molar-refractivity contribution in [2.24, 2.45) is 7.05 Å². The first-order chi connectivity index (χ1) is 9.22. The van der Waals surface area contributed by atoms with Gasteiger partial charge in [0.2, 0.25) is 0 Å². The summed E-state index contributed by atoms with van der Waals surface area (Å²) in [7, 11) is 1.97. The molecule has 3 rings (SSSR count). The standard InChI is InChI=1S/C16H16N2O/c1-12-3-4-13-5-6-15(10-14(13)9-12)19-11-16-17-7-8-18(16)2/h3-10H,11H2,1-2H3. The van der Waals surface area contributed by atoms with Crippen LogP contribution >= 0.6 is 0 Å². The fourth-order valence-corrected chi connectivity index (χ4v) is 2.12. The van der Waals surface area contributed by atoms with E-state index in [1.807, 2.05) is 23.9 Å². The molecule has 0 bridgehead atoms. The molecule has 0 amide bonds. The molecule has 0 saturated heterocycles. The van der Waals surface area contributed by atoms with Crippen molar-refractivity contribution in [2.45, 2.75) is 13.5 Å². The summed E-state index contributed by atoms with van der Waals surface area (Å²) >= 11 is 0. The highest BCUT2D eigenvalue weighted by atomic mass is 16.5. The average Bonchev–Trinajstić information content (AvgIpc) is 2.81. The second-order valence-corrected chi connectivity index (χ2v) is 4.76. The molecule has 2 aromatic carbocycles. The Morgan fingerprint density at radius 1 is 1.11 bits per heavy atom. The fourth-order valence-electron chi connectivity index (χ4n) is 2.12. The number of aryl methyl sites for hydroxylation is 2. The summed E-state index contributed by atoms with van der Waals surface area (Å²) in [5.41, 5.74) is 1.26. The zero-order chi connectivity index (χ0) is 13.2. The lowest BCUT2D eigenvalue weighted by atomic mass is 10.1. The Labute approximate surface area is 112 Å². The summed E-state index contributed by atoms with van der Waals surface area (Å²) in [5, 5.41) is 2.44. The molecule has 1 aromatic heterocycles. The van der Waals surface area contributed by atoms with Crippen LogP contribution < -0.4 is 4.74 Å². The number of nitrogens with zero attached hydrogens (tertiary/aromatic N) is 2. The van der Waals surface area contributed by atoms with Crippen molar-refractivity contribution in [3.05, 3.63) is 60.2 Å². The van der Waals surface area contributed by atoms with E-state index in [2.05, 4.69) is 42.2 Å². The molecule has 0 spiro atoms. The quantitative estimate of drug-likeness (QED) is 0.713. The largest absolute Gasteiger partial charge is 0.486 e. The van der Waals surface area contributed by atoms with Crippen LogP contribution in [0.5, 0.6) is 5.75 Å². The molecule has 0 unspecified atom stereocenters. The van der Waals surface area contributed by atoms with Crippen molar-refractivity contribution in [1.82, 2.24) is 9.55 Å². The third kappa shape index (κ3) is 2.45. The topological polar surface area (TPSA) is 27.1 Å². The Hall–Kier alpha value is -2.29. The average molecular weight is 252 g/mol. The minimum absolute atomic E-state index is 0.487. The van der Waals surface area contributed by atoms with Crippen molar-refractivity contribution < 1.29 is 4.74 Å². The van der Waals surface area contributed by atoms with E-state index in [9.17, 15) is 0 Å². The van der Waals surface area contributed by atoms with Crippen molar-refractivity contribution in [2.75, 3.05) is 0 Å². The van der Waals surface area contributed by atoms with Crippen molar-refractivity contribution >= 4 is 10.8 Å². The molecule has 0 aliphatic carbocycles. The summed E-state index contributed by atoms with van der Waals surface area (Å²) < 4.78 is 7.76. The van der Waals surface area contributed by atoms with Gasteiger partial charge in [-0.25, -0.2) is 4.98 Å². The zero-order valence-corrected chi connectivity index (χ0v) is 11.1. The van der Waals surface area contributed by atoms with Gasteiger partial charge in [0.15, 0.2) is 0 Å². The van der Waals surface area contributed by atoms with E-state index < -0.39 is 0 Å². The highest BCUT2D eigenvalue weighted by Gasteiger charge is 2.02. The van der Waals surface area contributed by atoms with Crippen molar-refractivity contribution in [1.29, 1.82) is 0 Å². The minimum atomic E-state index is 0.487. The van der Waals surface area contributed by atoms with Gasteiger partial charge in [-0.1, -0.05) is 29.8 Å². The summed E-state index contributed by atoms with van der Waals surface area (Å²) in [6.45, 7) is 2.59. The molecule has 3 heteroatoms. The number of benzene rings is 2. The van der Waals surface area contributed by atoms with Crippen LogP contribution in [-0.4, -0.2) is 9.55 Å².